The molecule has 2 nitrogen and oxygen atoms in total. The largest absolute Gasteiger partial charge is 0.522 e. The predicted molar refractivity (Wildman–Crippen MR) is 35.2 cm³/mol. The Morgan fingerprint density at radius 2 is 1.91 bits per heavy atom. The average molecular weight is 171 g/mol. The van der Waals surface area contributed by atoms with Gasteiger partial charge in [0.15, 0.2) is 0 Å². The normalized spacial score (nSPS) is 12.0. The minimum atomic E-state index is -4.49. The van der Waals surface area contributed by atoms with Gasteiger partial charge in [-0.3, -0.25) is 4.74 Å². The highest BCUT2D eigenvalue weighted by Crippen LogP contribution is 2.14. The van der Waals surface area contributed by atoms with Gasteiger partial charge in [-0.2, -0.15) is 0 Å². The highest BCUT2D eigenvalue weighted by molar-refractivity contribution is 4.43. The van der Waals surface area contributed by atoms with Crippen molar-refractivity contribution >= 4 is 0 Å². The van der Waals surface area contributed by atoms with Gasteiger partial charge in [0, 0.05) is 6.54 Å². The van der Waals surface area contributed by atoms with E-state index < -0.39 is 6.36 Å². The molecule has 0 rings (SSSR count). The third-order valence-corrected chi connectivity index (χ3v) is 0.971. The van der Waals surface area contributed by atoms with Gasteiger partial charge in [0.05, 0.1) is 6.61 Å². The molecule has 0 atom stereocenters. The fourth-order valence-electron chi connectivity index (χ4n) is 0.541. The number of hydrogen-bond donors (Lipinski definition) is 1. The van der Waals surface area contributed by atoms with Gasteiger partial charge in [-0.05, 0) is 13.0 Å². The van der Waals surface area contributed by atoms with Gasteiger partial charge in [0.25, 0.3) is 0 Å². The van der Waals surface area contributed by atoms with E-state index in [2.05, 4.69) is 10.1 Å². The molecule has 0 aromatic carbocycles. The molecule has 0 aromatic heterocycles. The van der Waals surface area contributed by atoms with Gasteiger partial charge < -0.3 is 5.32 Å². The SMILES string of the molecule is CCCNCCOC(F)(F)F. The molecule has 0 aliphatic rings. The minimum absolute atomic E-state index is 0.243. The standard InChI is InChI=1S/C6H12F3NO/c1-2-3-10-4-5-11-6(7,8)9/h10H,2-5H2,1H3. The zero-order valence-corrected chi connectivity index (χ0v) is 6.37. The Morgan fingerprint density at radius 3 is 2.36 bits per heavy atom. The molecular formula is C6H12F3NO. The predicted octanol–water partition coefficient (Wildman–Crippen LogP) is 1.52. The van der Waals surface area contributed by atoms with Gasteiger partial charge in [-0.1, -0.05) is 6.92 Å². The van der Waals surface area contributed by atoms with E-state index in [4.69, 9.17) is 0 Å². The van der Waals surface area contributed by atoms with E-state index in [0.717, 1.165) is 13.0 Å². The first kappa shape index (κ1) is 10.7. The van der Waals surface area contributed by atoms with Crippen LogP contribution in [0.5, 0.6) is 0 Å². The molecule has 0 unspecified atom stereocenters. The smallest absolute Gasteiger partial charge is 0.314 e. The van der Waals surface area contributed by atoms with Crippen LogP contribution in [0.25, 0.3) is 0 Å². The average Bonchev–Trinajstić information content (AvgIpc) is 1.85. The third-order valence-electron chi connectivity index (χ3n) is 0.971. The zero-order chi connectivity index (χ0) is 8.74. The summed E-state index contributed by atoms with van der Waals surface area (Å²) in [5.41, 5.74) is 0. The first-order chi connectivity index (χ1) is 5.06. The van der Waals surface area contributed by atoms with E-state index >= 15 is 0 Å². The van der Waals surface area contributed by atoms with Crippen LogP contribution < -0.4 is 5.32 Å². The molecular weight excluding hydrogens is 159 g/mol. The number of halogens is 3. The van der Waals surface area contributed by atoms with Crippen LogP contribution in [0.3, 0.4) is 0 Å². The van der Waals surface area contributed by atoms with Crippen LogP contribution in [-0.4, -0.2) is 26.1 Å². The monoisotopic (exact) mass is 171 g/mol. The number of nitrogens with one attached hydrogen (secondary N) is 1. The molecule has 0 bridgehead atoms. The molecule has 0 heterocycles. The summed E-state index contributed by atoms with van der Waals surface area (Å²) in [5, 5.41) is 2.78. The van der Waals surface area contributed by atoms with Crippen molar-refractivity contribution in [2.24, 2.45) is 0 Å². The van der Waals surface area contributed by atoms with Crippen molar-refractivity contribution in [3.8, 4) is 0 Å². The van der Waals surface area contributed by atoms with E-state index in [1.165, 1.54) is 0 Å². The lowest BCUT2D eigenvalue weighted by Crippen LogP contribution is -2.24. The maximum Gasteiger partial charge on any atom is 0.522 e. The lowest BCUT2D eigenvalue weighted by Gasteiger charge is -2.07. The van der Waals surface area contributed by atoms with Crippen LogP contribution in [0, 0.1) is 0 Å². The summed E-state index contributed by atoms with van der Waals surface area (Å²) in [7, 11) is 0. The van der Waals surface area contributed by atoms with Crippen molar-refractivity contribution in [3.05, 3.63) is 0 Å². The quantitative estimate of drug-likeness (QED) is 0.633. The maximum absolute atomic E-state index is 11.3. The molecule has 0 fully saturated rings. The third kappa shape index (κ3) is 9.71. The van der Waals surface area contributed by atoms with Crippen molar-refractivity contribution in [1.29, 1.82) is 0 Å². The molecule has 0 saturated heterocycles. The first-order valence-corrected chi connectivity index (χ1v) is 3.47. The van der Waals surface area contributed by atoms with Gasteiger partial charge in [-0.15, -0.1) is 13.2 Å². The van der Waals surface area contributed by atoms with Crippen LogP contribution in [0.2, 0.25) is 0 Å². The van der Waals surface area contributed by atoms with Crippen molar-refractivity contribution in [3.63, 3.8) is 0 Å². The molecule has 0 amide bonds. The Bertz CT molecular complexity index is 94.3. The van der Waals surface area contributed by atoms with Crippen LogP contribution in [0.4, 0.5) is 13.2 Å². The molecule has 11 heavy (non-hydrogen) atoms. The topological polar surface area (TPSA) is 21.3 Å². The molecule has 5 heteroatoms. The molecule has 68 valence electrons. The lowest BCUT2D eigenvalue weighted by atomic mass is 10.5. The second-order valence-electron chi connectivity index (χ2n) is 2.04. The summed E-state index contributed by atoms with van der Waals surface area (Å²) in [4.78, 5) is 0. The van der Waals surface area contributed by atoms with Crippen LogP contribution in [0.15, 0.2) is 0 Å². The molecule has 0 aliphatic carbocycles. The zero-order valence-electron chi connectivity index (χ0n) is 6.37. The maximum atomic E-state index is 11.3. The summed E-state index contributed by atoms with van der Waals surface area (Å²) >= 11 is 0. The lowest BCUT2D eigenvalue weighted by molar-refractivity contribution is -0.323. The van der Waals surface area contributed by atoms with E-state index in [1.54, 1.807) is 0 Å². The Kier molecular flexibility index (Phi) is 5.23. The van der Waals surface area contributed by atoms with Gasteiger partial charge in [-0.25, -0.2) is 0 Å². The summed E-state index contributed by atoms with van der Waals surface area (Å²) in [6, 6.07) is 0. The van der Waals surface area contributed by atoms with Crippen LogP contribution >= 0.6 is 0 Å². The number of hydrogen-bond acceptors (Lipinski definition) is 2. The van der Waals surface area contributed by atoms with Gasteiger partial charge in [0.2, 0.25) is 0 Å². The van der Waals surface area contributed by atoms with Crippen molar-refractivity contribution < 1.29 is 17.9 Å². The highest BCUT2D eigenvalue weighted by atomic mass is 19.4. The van der Waals surface area contributed by atoms with E-state index in [1.807, 2.05) is 6.92 Å². The molecule has 0 aliphatic heterocycles. The van der Waals surface area contributed by atoms with Crippen molar-refractivity contribution in [1.82, 2.24) is 5.32 Å². The molecule has 0 radical (unpaired) electrons. The van der Waals surface area contributed by atoms with Crippen LogP contribution in [-0.2, 0) is 4.74 Å². The molecule has 0 spiro atoms. The van der Waals surface area contributed by atoms with Gasteiger partial charge >= 0.3 is 6.36 Å². The second-order valence-corrected chi connectivity index (χ2v) is 2.04. The van der Waals surface area contributed by atoms with E-state index in [-0.39, 0.29) is 13.2 Å². The Hall–Kier alpha value is -0.290. The number of rotatable bonds is 5. The molecule has 0 saturated carbocycles. The van der Waals surface area contributed by atoms with E-state index in [0.29, 0.717) is 0 Å². The second kappa shape index (κ2) is 5.37. The van der Waals surface area contributed by atoms with Crippen LogP contribution in [0.1, 0.15) is 13.3 Å². The Balaban J connectivity index is 3.02. The minimum Gasteiger partial charge on any atom is -0.314 e. The Morgan fingerprint density at radius 1 is 1.27 bits per heavy atom. The fraction of sp³-hybridized carbons (Fsp3) is 1.00. The van der Waals surface area contributed by atoms with Gasteiger partial charge in [0.1, 0.15) is 0 Å². The first-order valence-electron chi connectivity index (χ1n) is 3.47. The summed E-state index contributed by atoms with van der Waals surface area (Å²) in [6.45, 7) is 2.59. The van der Waals surface area contributed by atoms with Crippen molar-refractivity contribution in [2.75, 3.05) is 19.7 Å². The highest BCUT2D eigenvalue weighted by Gasteiger charge is 2.28. The van der Waals surface area contributed by atoms with E-state index in [9.17, 15) is 13.2 Å². The number of ether oxygens (including phenoxy) is 1. The van der Waals surface area contributed by atoms with Crippen molar-refractivity contribution in [2.45, 2.75) is 19.7 Å². The summed E-state index contributed by atoms with van der Waals surface area (Å²) < 4.78 is 37.5. The Labute approximate surface area is 63.7 Å². The summed E-state index contributed by atoms with van der Waals surface area (Å²) in [6.07, 6.45) is -3.58. The number of alkyl halides is 3. The molecule has 0 aromatic rings. The fourth-order valence-corrected chi connectivity index (χ4v) is 0.541. The molecule has 1 N–H and O–H groups in total. The summed E-state index contributed by atoms with van der Waals surface area (Å²) in [5.74, 6) is 0.